The molecule has 3 nitrogen and oxygen atoms in total. The summed E-state index contributed by atoms with van der Waals surface area (Å²) >= 11 is 0. The minimum atomic E-state index is -0.855. The second-order valence-electron chi connectivity index (χ2n) is 4.48. The molecule has 1 atom stereocenters. The molecule has 0 radical (unpaired) electrons. The van der Waals surface area contributed by atoms with Gasteiger partial charge >= 0.3 is 0 Å². The van der Waals surface area contributed by atoms with Gasteiger partial charge < -0.3 is 5.11 Å². The third-order valence-electron chi connectivity index (χ3n) is 3.23. The molecule has 3 rings (SSSR count). The monoisotopic (exact) mass is 256 g/mol. The molecule has 0 aliphatic rings. The molecule has 0 fully saturated rings. The number of hydrogen-bond donors (Lipinski definition) is 1. The van der Waals surface area contributed by atoms with Crippen LogP contribution in [0.3, 0.4) is 0 Å². The van der Waals surface area contributed by atoms with Crippen LogP contribution in [-0.2, 0) is 7.05 Å². The van der Waals surface area contributed by atoms with Crippen molar-refractivity contribution in [2.24, 2.45) is 7.05 Å². The summed E-state index contributed by atoms with van der Waals surface area (Å²) in [4.78, 5) is 0. The topological polar surface area (TPSA) is 38.0 Å². The van der Waals surface area contributed by atoms with Gasteiger partial charge in [-0.25, -0.2) is 4.39 Å². The summed E-state index contributed by atoms with van der Waals surface area (Å²) in [5.41, 5.74) is 2.17. The van der Waals surface area contributed by atoms with E-state index >= 15 is 0 Å². The van der Waals surface area contributed by atoms with Gasteiger partial charge in [-0.2, -0.15) is 5.10 Å². The van der Waals surface area contributed by atoms with Crippen LogP contribution in [0.1, 0.15) is 17.4 Å². The Hall–Kier alpha value is -2.20. The molecule has 0 bridgehead atoms. The highest BCUT2D eigenvalue weighted by Crippen LogP contribution is 2.27. The minimum absolute atomic E-state index is 0.318. The first-order valence-electron chi connectivity index (χ1n) is 6.02. The van der Waals surface area contributed by atoms with Crippen LogP contribution >= 0.6 is 0 Å². The van der Waals surface area contributed by atoms with Crippen LogP contribution in [0.2, 0.25) is 0 Å². The highest BCUT2D eigenvalue weighted by atomic mass is 19.1. The van der Waals surface area contributed by atoms with Crippen LogP contribution in [0.15, 0.2) is 48.5 Å². The molecular weight excluding hydrogens is 243 g/mol. The van der Waals surface area contributed by atoms with Gasteiger partial charge in [0.15, 0.2) is 0 Å². The SMILES string of the molecule is Cn1nc(C(O)c2ccc(F)cc2)c2ccccc21. The first-order valence-corrected chi connectivity index (χ1v) is 6.02. The first-order chi connectivity index (χ1) is 9.16. The molecule has 96 valence electrons. The first kappa shape index (κ1) is 11.9. The zero-order valence-corrected chi connectivity index (χ0v) is 10.4. The van der Waals surface area contributed by atoms with Crippen molar-refractivity contribution in [3.05, 3.63) is 65.6 Å². The van der Waals surface area contributed by atoms with Crippen LogP contribution in [0.25, 0.3) is 10.9 Å². The zero-order valence-electron chi connectivity index (χ0n) is 10.4. The minimum Gasteiger partial charge on any atom is -0.382 e. The van der Waals surface area contributed by atoms with Gasteiger partial charge in [-0.05, 0) is 23.8 Å². The summed E-state index contributed by atoms with van der Waals surface area (Å²) < 4.78 is 14.6. The van der Waals surface area contributed by atoms with Crippen LogP contribution < -0.4 is 0 Å². The van der Waals surface area contributed by atoms with Gasteiger partial charge in [0.1, 0.15) is 17.6 Å². The molecule has 3 aromatic rings. The third-order valence-corrected chi connectivity index (χ3v) is 3.23. The lowest BCUT2D eigenvalue weighted by molar-refractivity contribution is 0.215. The van der Waals surface area contributed by atoms with Gasteiger partial charge in [0.25, 0.3) is 0 Å². The van der Waals surface area contributed by atoms with Gasteiger partial charge in [-0.3, -0.25) is 4.68 Å². The predicted molar refractivity (Wildman–Crippen MR) is 71.2 cm³/mol. The number of aliphatic hydroxyl groups excluding tert-OH is 1. The molecule has 4 heteroatoms. The molecular formula is C15H13FN2O. The Balaban J connectivity index is 2.11. The van der Waals surface area contributed by atoms with E-state index in [1.807, 2.05) is 31.3 Å². The maximum Gasteiger partial charge on any atom is 0.123 e. The fourth-order valence-electron chi connectivity index (χ4n) is 2.25. The number of aryl methyl sites for hydroxylation is 1. The Morgan fingerprint density at radius 2 is 1.79 bits per heavy atom. The summed E-state index contributed by atoms with van der Waals surface area (Å²) in [6, 6.07) is 13.5. The molecule has 0 aliphatic heterocycles. The van der Waals surface area contributed by atoms with Gasteiger partial charge in [-0.15, -0.1) is 0 Å². The average molecular weight is 256 g/mol. The molecule has 0 aliphatic carbocycles. The highest BCUT2D eigenvalue weighted by Gasteiger charge is 2.18. The van der Waals surface area contributed by atoms with Crippen molar-refractivity contribution in [3.8, 4) is 0 Å². The van der Waals surface area contributed by atoms with Crippen molar-refractivity contribution < 1.29 is 9.50 Å². The fourth-order valence-corrected chi connectivity index (χ4v) is 2.25. The molecule has 0 amide bonds. The summed E-state index contributed by atoms with van der Waals surface area (Å²) in [7, 11) is 1.84. The van der Waals surface area contributed by atoms with Crippen molar-refractivity contribution in [2.45, 2.75) is 6.10 Å². The molecule has 0 saturated heterocycles. The van der Waals surface area contributed by atoms with Gasteiger partial charge in [0, 0.05) is 12.4 Å². The van der Waals surface area contributed by atoms with Crippen LogP contribution in [-0.4, -0.2) is 14.9 Å². The number of halogens is 1. The van der Waals surface area contributed by atoms with E-state index in [2.05, 4.69) is 5.10 Å². The Labute approximate surface area is 109 Å². The number of nitrogens with zero attached hydrogens (tertiary/aromatic N) is 2. The summed E-state index contributed by atoms with van der Waals surface area (Å²) in [6.07, 6.45) is -0.855. The Kier molecular flexibility index (Phi) is 2.80. The number of hydrogen-bond acceptors (Lipinski definition) is 2. The lowest BCUT2D eigenvalue weighted by Crippen LogP contribution is -2.02. The van der Waals surface area contributed by atoms with Crippen LogP contribution in [0.4, 0.5) is 4.39 Å². The molecule has 1 heterocycles. The van der Waals surface area contributed by atoms with E-state index in [-0.39, 0.29) is 5.82 Å². The molecule has 1 aromatic heterocycles. The van der Waals surface area contributed by atoms with E-state index < -0.39 is 6.10 Å². The highest BCUT2D eigenvalue weighted by molar-refractivity contribution is 5.82. The molecule has 2 aromatic carbocycles. The van der Waals surface area contributed by atoms with Crippen molar-refractivity contribution in [1.82, 2.24) is 9.78 Å². The number of fused-ring (bicyclic) bond motifs is 1. The molecule has 1 N–H and O–H groups in total. The second-order valence-corrected chi connectivity index (χ2v) is 4.48. The second kappa shape index (κ2) is 4.48. The number of benzene rings is 2. The Bertz CT molecular complexity index is 719. The average Bonchev–Trinajstić information content (AvgIpc) is 2.77. The summed E-state index contributed by atoms with van der Waals surface area (Å²) in [5.74, 6) is -0.318. The molecule has 0 spiro atoms. The Morgan fingerprint density at radius 3 is 2.53 bits per heavy atom. The largest absolute Gasteiger partial charge is 0.382 e. The molecule has 1 unspecified atom stereocenters. The number of para-hydroxylation sites is 1. The Morgan fingerprint density at radius 1 is 1.11 bits per heavy atom. The zero-order chi connectivity index (χ0) is 13.4. The standard InChI is InChI=1S/C15H13FN2O/c1-18-13-5-3-2-4-12(13)14(17-18)15(19)10-6-8-11(16)9-7-10/h2-9,15,19H,1H3. The van der Waals surface area contributed by atoms with E-state index in [9.17, 15) is 9.50 Å². The van der Waals surface area contributed by atoms with E-state index in [0.29, 0.717) is 11.3 Å². The van der Waals surface area contributed by atoms with Crippen molar-refractivity contribution in [2.75, 3.05) is 0 Å². The van der Waals surface area contributed by atoms with E-state index in [4.69, 9.17) is 0 Å². The predicted octanol–water partition coefficient (Wildman–Crippen LogP) is 2.79. The van der Waals surface area contributed by atoms with Gasteiger partial charge in [0.2, 0.25) is 0 Å². The maximum absolute atomic E-state index is 12.9. The van der Waals surface area contributed by atoms with Crippen LogP contribution in [0, 0.1) is 5.82 Å². The van der Waals surface area contributed by atoms with Crippen molar-refractivity contribution in [3.63, 3.8) is 0 Å². The van der Waals surface area contributed by atoms with Gasteiger partial charge in [-0.1, -0.05) is 30.3 Å². The van der Waals surface area contributed by atoms with Gasteiger partial charge in [0.05, 0.1) is 5.52 Å². The molecule has 19 heavy (non-hydrogen) atoms. The summed E-state index contributed by atoms with van der Waals surface area (Å²) in [6.45, 7) is 0. The normalized spacial score (nSPS) is 12.8. The third kappa shape index (κ3) is 2.00. The fraction of sp³-hybridized carbons (Fsp3) is 0.133. The van der Waals surface area contributed by atoms with E-state index in [1.165, 1.54) is 12.1 Å². The smallest absolute Gasteiger partial charge is 0.123 e. The van der Waals surface area contributed by atoms with E-state index in [1.54, 1.807) is 16.8 Å². The molecule has 0 saturated carbocycles. The lowest BCUT2D eigenvalue weighted by Gasteiger charge is -2.08. The number of aliphatic hydroxyl groups is 1. The lowest BCUT2D eigenvalue weighted by atomic mass is 10.0. The van der Waals surface area contributed by atoms with E-state index in [0.717, 1.165) is 10.9 Å². The number of aromatic nitrogens is 2. The van der Waals surface area contributed by atoms with Crippen molar-refractivity contribution >= 4 is 10.9 Å². The maximum atomic E-state index is 12.9. The quantitative estimate of drug-likeness (QED) is 0.765. The van der Waals surface area contributed by atoms with Crippen molar-refractivity contribution in [1.29, 1.82) is 0 Å². The number of rotatable bonds is 2. The summed E-state index contributed by atoms with van der Waals surface area (Å²) in [5, 5.41) is 15.7. The van der Waals surface area contributed by atoms with Crippen LogP contribution in [0.5, 0.6) is 0 Å².